The summed E-state index contributed by atoms with van der Waals surface area (Å²) in [6.07, 6.45) is 7.91. The number of fused-ring (bicyclic) bond motifs is 1. The maximum atomic E-state index is 3.55. The lowest BCUT2D eigenvalue weighted by atomic mass is 9.73. The molecule has 0 aromatic heterocycles. The van der Waals surface area contributed by atoms with Crippen molar-refractivity contribution in [1.82, 2.24) is 5.32 Å². The quantitative estimate of drug-likeness (QED) is 0.602. The highest BCUT2D eigenvalue weighted by Crippen LogP contribution is 2.42. The smallest absolute Gasteiger partial charge is 0.0321 e. The van der Waals surface area contributed by atoms with E-state index in [2.05, 4.69) is 32.3 Å². The normalized spacial score (nSPS) is 33.6. The van der Waals surface area contributed by atoms with E-state index in [9.17, 15) is 0 Å². The van der Waals surface area contributed by atoms with Crippen LogP contribution in [0.25, 0.3) is 0 Å². The third-order valence-electron chi connectivity index (χ3n) is 3.48. The molecular weight excluding hydrogens is 158 g/mol. The fourth-order valence-electron chi connectivity index (χ4n) is 2.78. The maximum absolute atomic E-state index is 3.55. The molecule has 0 aromatic rings. The van der Waals surface area contributed by atoms with Crippen LogP contribution in [-0.2, 0) is 0 Å². The van der Waals surface area contributed by atoms with Crippen LogP contribution in [0.3, 0.4) is 0 Å². The Morgan fingerprint density at radius 1 is 1.23 bits per heavy atom. The van der Waals surface area contributed by atoms with Gasteiger partial charge in [0.05, 0.1) is 0 Å². The molecule has 2 aliphatic rings. The number of hydrogen-bond acceptors (Lipinski definition) is 1. The van der Waals surface area contributed by atoms with Crippen LogP contribution in [0.15, 0.2) is 11.8 Å². The van der Waals surface area contributed by atoms with Gasteiger partial charge in [-0.05, 0) is 30.0 Å². The molecule has 0 aromatic carbocycles. The molecule has 1 nitrogen and oxygen atoms in total. The first-order valence-corrected chi connectivity index (χ1v) is 5.55. The predicted octanol–water partition coefficient (Wildman–Crippen LogP) is 3.08. The van der Waals surface area contributed by atoms with Gasteiger partial charge in [0, 0.05) is 12.0 Å². The van der Waals surface area contributed by atoms with E-state index in [0.29, 0.717) is 5.41 Å². The minimum Gasteiger partial charge on any atom is -0.388 e. The molecule has 0 radical (unpaired) electrons. The van der Waals surface area contributed by atoms with Crippen LogP contribution < -0.4 is 5.32 Å². The first-order chi connectivity index (χ1) is 6.09. The molecule has 2 unspecified atom stereocenters. The zero-order valence-electron chi connectivity index (χ0n) is 9.06. The van der Waals surface area contributed by atoms with Crippen molar-refractivity contribution in [3.63, 3.8) is 0 Å². The average Bonchev–Trinajstić information content (AvgIpc) is 2.45. The second-order valence-electron chi connectivity index (χ2n) is 5.51. The van der Waals surface area contributed by atoms with E-state index in [1.54, 1.807) is 5.57 Å². The number of rotatable bonds is 0. The topological polar surface area (TPSA) is 12.0 Å². The molecule has 1 saturated carbocycles. The lowest BCUT2D eigenvalue weighted by molar-refractivity contribution is 0.306. The molecule has 0 saturated heterocycles. The standard InChI is InChI=1S/C12H21N/c1-12(2,3)10-8-13-11-7-5-4-6-9(10)11/h8-9,11,13H,4-7H2,1-3H3. The summed E-state index contributed by atoms with van der Waals surface area (Å²) in [4.78, 5) is 0. The molecule has 13 heavy (non-hydrogen) atoms. The molecule has 0 spiro atoms. The summed E-state index contributed by atoms with van der Waals surface area (Å²) < 4.78 is 0. The van der Waals surface area contributed by atoms with Gasteiger partial charge in [-0.2, -0.15) is 0 Å². The van der Waals surface area contributed by atoms with E-state index < -0.39 is 0 Å². The Labute approximate surface area is 81.6 Å². The first kappa shape index (κ1) is 9.11. The lowest BCUT2D eigenvalue weighted by Gasteiger charge is -2.32. The van der Waals surface area contributed by atoms with Crippen LogP contribution in [0.4, 0.5) is 0 Å². The van der Waals surface area contributed by atoms with Gasteiger partial charge in [0.1, 0.15) is 0 Å². The van der Waals surface area contributed by atoms with E-state index in [-0.39, 0.29) is 0 Å². The van der Waals surface area contributed by atoms with Crippen molar-refractivity contribution in [2.75, 3.05) is 0 Å². The Hall–Kier alpha value is -0.460. The Kier molecular flexibility index (Phi) is 2.13. The van der Waals surface area contributed by atoms with Crippen LogP contribution in [0.1, 0.15) is 46.5 Å². The van der Waals surface area contributed by atoms with Crippen LogP contribution in [0.5, 0.6) is 0 Å². The molecule has 0 bridgehead atoms. The summed E-state index contributed by atoms with van der Waals surface area (Å²) in [7, 11) is 0. The molecule has 1 aliphatic carbocycles. The molecule has 1 heterocycles. The number of hydrogen-bond donors (Lipinski definition) is 1. The zero-order chi connectivity index (χ0) is 9.47. The molecule has 1 aliphatic heterocycles. The number of nitrogens with one attached hydrogen (secondary N) is 1. The van der Waals surface area contributed by atoms with Crippen molar-refractivity contribution in [2.45, 2.75) is 52.5 Å². The summed E-state index contributed by atoms with van der Waals surface area (Å²) in [6.45, 7) is 6.99. The largest absolute Gasteiger partial charge is 0.388 e. The van der Waals surface area contributed by atoms with E-state index >= 15 is 0 Å². The van der Waals surface area contributed by atoms with Crippen LogP contribution >= 0.6 is 0 Å². The van der Waals surface area contributed by atoms with Crippen molar-refractivity contribution in [2.24, 2.45) is 11.3 Å². The fraction of sp³-hybridized carbons (Fsp3) is 0.833. The second kappa shape index (κ2) is 3.04. The van der Waals surface area contributed by atoms with E-state index in [4.69, 9.17) is 0 Å². The minimum absolute atomic E-state index is 0.365. The van der Waals surface area contributed by atoms with Crippen molar-refractivity contribution >= 4 is 0 Å². The second-order valence-corrected chi connectivity index (χ2v) is 5.51. The predicted molar refractivity (Wildman–Crippen MR) is 56.4 cm³/mol. The third kappa shape index (κ3) is 1.61. The summed E-state index contributed by atoms with van der Waals surface area (Å²) in [6, 6.07) is 0.767. The van der Waals surface area contributed by atoms with Gasteiger partial charge in [-0.1, -0.05) is 33.6 Å². The Morgan fingerprint density at radius 3 is 2.62 bits per heavy atom. The van der Waals surface area contributed by atoms with Gasteiger partial charge < -0.3 is 5.32 Å². The van der Waals surface area contributed by atoms with E-state index in [1.165, 1.54) is 25.7 Å². The van der Waals surface area contributed by atoms with Crippen LogP contribution in [0, 0.1) is 11.3 Å². The zero-order valence-corrected chi connectivity index (χ0v) is 9.06. The summed E-state index contributed by atoms with van der Waals surface area (Å²) in [5.41, 5.74) is 2.02. The van der Waals surface area contributed by atoms with Gasteiger partial charge in [-0.25, -0.2) is 0 Å². The van der Waals surface area contributed by atoms with Gasteiger partial charge in [-0.3, -0.25) is 0 Å². The van der Waals surface area contributed by atoms with E-state index in [1.807, 2.05) is 0 Å². The summed E-state index contributed by atoms with van der Waals surface area (Å²) in [5, 5.41) is 3.55. The van der Waals surface area contributed by atoms with E-state index in [0.717, 1.165) is 12.0 Å². The molecule has 2 rings (SSSR count). The Morgan fingerprint density at radius 2 is 1.92 bits per heavy atom. The van der Waals surface area contributed by atoms with Crippen LogP contribution in [-0.4, -0.2) is 6.04 Å². The van der Waals surface area contributed by atoms with Gasteiger partial charge >= 0.3 is 0 Å². The molecular formula is C12H21N. The highest BCUT2D eigenvalue weighted by Gasteiger charge is 2.36. The molecule has 2 atom stereocenters. The summed E-state index contributed by atoms with van der Waals surface area (Å²) in [5.74, 6) is 0.841. The molecule has 0 amide bonds. The van der Waals surface area contributed by atoms with Gasteiger partial charge in [0.2, 0.25) is 0 Å². The highest BCUT2D eigenvalue weighted by molar-refractivity contribution is 5.22. The van der Waals surface area contributed by atoms with Gasteiger partial charge in [-0.15, -0.1) is 0 Å². The van der Waals surface area contributed by atoms with Crippen molar-refractivity contribution in [3.8, 4) is 0 Å². The van der Waals surface area contributed by atoms with Crippen molar-refractivity contribution in [1.29, 1.82) is 0 Å². The average molecular weight is 179 g/mol. The van der Waals surface area contributed by atoms with Crippen molar-refractivity contribution < 1.29 is 0 Å². The van der Waals surface area contributed by atoms with Gasteiger partial charge in [0.15, 0.2) is 0 Å². The Balaban J connectivity index is 2.14. The highest BCUT2D eigenvalue weighted by atomic mass is 14.9. The minimum atomic E-state index is 0.365. The van der Waals surface area contributed by atoms with Crippen LogP contribution in [0.2, 0.25) is 0 Å². The fourth-order valence-corrected chi connectivity index (χ4v) is 2.78. The third-order valence-corrected chi connectivity index (χ3v) is 3.48. The molecule has 1 N–H and O–H groups in total. The maximum Gasteiger partial charge on any atom is 0.0321 e. The van der Waals surface area contributed by atoms with Crippen molar-refractivity contribution in [3.05, 3.63) is 11.8 Å². The Bertz CT molecular complexity index is 222. The SMILES string of the molecule is CC(C)(C)C1=CNC2CCCCC12. The molecule has 1 heteroatoms. The first-order valence-electron chi connectivity index (χ1n) is 5.55. The monoisotopic (exact) mass is 179 g/mol. The molecule has 1 fully saturated rings. The molecule has 74 valence electrons. The van der Waals surface area contributed by atoms with Gasteiger partial charge in [0.25, 0.3) is 0 Å². The lowest BCUT2D eigenvalue weighted by Crippen LogP contribution is -2.32. The summed E-state index contributed by atoms with van der Waals surface area (Å²) >= 11 is 0.